The van der Waals surface area contributed by atoms with Crippen molar-refractivity contribution in [2.24, 2.45) is 0 Å². The quantitative estimate of drug-likeness (QED) is 0.459. The number of hydrogen-bond donors (Lipinski definition) is 1. The van der Waals surface area contributed by atoms with Gasteiger partial charge < -0.3 is 9.80 Å². The number of nitrogens with one attached hydrogen (secondary N) is 1. The van der Waals surface area contributed by atoms with Crippen LogP contribution in [-0.4, -0.2) is 61.5 Å². The Bertz CT molecular complexity index is 214. The zero-order chi connectivity index (χ0) is 8.77. The predicted octanol–water partition coefficient (Wildman–Crippen LogP) is -1.27. The zero-order valence-electron chi connectivity index (χ0n) is 7.63. The van der Waals surface area contributed by atoms with Crippen LogP contribution in [0.3, 0.4) is 0 Å². The normalized spacial score (nSPS) is 37.2. The minimum absolute atomic E-state index is 0.234. The molecule has 0 aliphatic carbocycles. The summed E-state index contributed by atoms with van der Waals surface area (Å²) in [6, 6.07) is 0. The Morgan fingerprint density at radius 2 is 2.17 bits per heavy atom. The molecular weight excluding hydrogens is 154 g/mol. The Balaban J connectivity index is 2.07. The maximum Gasteiger partial charge on any atom is 0.245 e. The molecule has 0 saturated carbocycles. The summed E-state index contributed by atoms with van der Waals surface area (Å²) in [6.45, 7) is 3.68. The lowest BCUT2D eigenvalue weighted by Crippen LogP contribution is -2.78. The van der Waals surface area contributed by atoms with Crippen LogP contribution in [0.25, 0.3) is 0 Å². The maximum atomic E-state index is 11.5. The van der Waals surface area contributed by atoms with Crippen molar-refractivity contribution in [2.45, 2.75) is 5.54 Å². The van der Waals surface area contributed by atoms with Crippen molar-refractivity contribution in [3.8, 4) is 0 Å². The average Bonchev–Trinajstić information content (AvgIpc) is 2.04. The first-order chi connectivity index (χ1) is 5.64. The number of nitrogens with zero attached hydrogens (tertiary/aromatic N) is 2. The maximum absolute atomic E-state index is 11.5. The van der Waals surface area contributed by atoms with Crippen LogP contribution in [0.4, 0.5) is 0 Å². The first-order valence-corrected chi connectivity index (χ1v) is 4.33. The minimum Gasteiger partial charge on any atom is -0.342 e. The monoisotopic (exact) mass is 169 g/mol. The molecular formula is C8H15N3O. The van der Waals surface area contributed by atoms with Crippen molar-refractivity contribution in [1.82, 2.24) is 15.1 Å². The third kappa shape index (κ3) is 0.949. The van der Waals surface area contributed by atoms with Gasteiger partial charge in [0.1, 0.15) is 5.54 Å². The van der Waals surface area contributed by atoms with Gasteiger partial charge in [-0.25, -0.2) is 0 Å². The number of likely N-dealkylation sites (tertiary alicyclic amines) is 1. The predicted molar refractivity (Wildman–Crippen MR) is 45.9 cm³/mol. The molecule has 1 atom stereocenters. The van der Waals surface area contributed by atoms with Crippen LogP contribution < -0.4 is 5.32 Å². The molecule has 2 aliphatic rings. The lowest BCUT2D eigenvalue weighted by Gasteiger charge is -2.51. The molecule has 0 bridgehead atoms. The van der Waals surface area contributed by atoms with Gasteiger partial charge in [-0.1, -0.05) is 0 Å². The molecule has 68 valence electrons. The topological polar surface area (TPSA) is 35.6 Å². The fourth-order valence-corrected chi connectivity index (χ4v) is 2.15. The Morgan fingerprint density at radius 3 is 2.67 bits per heavy atom. The number of piperazine rings is 1. The summed E-state index contributed by atoms with van der Waals surface area (Å²) < 4.78 is 0. The van der Waals surface area contributed by atoms with E-state index in [1.54, 1.807) is 4.90 Å². The largest absolute Gasteiger partial charge is 0.342 e. The van der Waals surface area contributed by atoms with Gasteiger partial charge in [0, 0.05) is 33.2 Å². The van der Waals surface area contributed by atoms with Gasteiger partial charge in [0.25, 0.3) is 0 Å². The summed E-state index contributed by atoms with van der Waals surface area (Å²) in [7, 11) is 3.91. The molecule has 0 aromatic carbocycles. The Morgan fingerprint density at radius 1 is 1.42 bits per heavy atom. The molecule has 1 amide bonds. The van der Waals surface area contributed by atoms with Crippen molar-refractivity contribution in [2.75, 3.05) is 40.3 Å². The van der Waals surface area contributed by atoms with Crippen LogP contribution >= 0.6 is 0 Å². The summed E-state index contributed by atoms with van der Waals surface area (Å²) in [5.41, 5.74) is -0.234. The van der Waals surface area contributed by atoms with Gasteiger partial charge in [0.05, 0.1) is 0 Å². The van der Waals surface area contributed by atoms with Crippen LogP contribution in [-0.2, 0) is 4.79 Å². The van der Waals surface area contributed by atoms with Crippen molar-refractivity contribution in [3.63, 3.8) is 0 Å². The fraction of sp³-hybridized carbons (Fsp3) is 0.875. The number of hydrogen-bond acceptors (Lipinski definition) is 3. The first kappa shape index (κ1) is 8.01. The summed E-state index contributed by atoms with van der Waals surface area (Å²) in [5, 5.41) is 3.31. The minimum atomic E-state index is -0.234. The number of carbonyl (C=O) groups excluding carboxylic acids is 1. The van der Waals surface area contributed by atoms with E-state index in [1.165, 1.54) is 0 Å². The first-order valence-electron chi connectivity index (χ1n) is 4.33. The standard InChI is InChI=1S/C8H15N3O/c1-10-4-3-9-8(5-10)6-11(2)7(8)12/h9H,3-6H2,1-2H3. The van der Waals surface area contributed by atoms with Crippen molar-refractivity contribution in [1.29, 1.82) is 0 Å². The second-order valence-electron chi connectivity index (χ2n) is 3.91. The fourth-order valence-electron chi connectivity index (χ4n) is 2.15. The van der Waals surface area contributed by atoms with Crippen LogP contribution in [0.15, 0.2) is 0 Å². The Labute approximate surface area is 72.5 Å². The van der Waals surface area contributed by atoms with Gasteiger partial charge in [0.2, 0.25) is 5.91 Å². The van der Waals surface area contributed by atoms with Gasteiger partial charge in [-0.2, -0.15) is 0 Å². The third-order valence-corrected chi connectivity index (χ3v) is 2.76. The van der Waals surface area contributed by atoms with E-state index in [4.69, 9.17) is 0 Å². The van der Waals surface area contributed by atoms with E-state index in [9.17, 15) is 4.79 Å². The number of amides is 1. The molecule has 2 fully saturated rings. The van der Waals surface area contributed by atoms with E-state index in [-0.39, 0.29) is 11.4 Å². The van der Waals surface area contributed by atoms with Crippen LogP contribution in [0.1, 0.15) is 0 Å². The molecule has 0 radical (unpaired) electrons. The highest BCUT2D eigenvalue weighted by Crippen LogP contribution is 2.23. The van der Waals surface area contributed by atoms with Gasteiger partial charge in [0.15, 0.2) is 0 Å². The Kier molecular flexibility index (Phi) is 1.63. The smallest absolute Gasteiger partial charge is 0.245 e. The molecule has 4 nitrogen and oxygen atoms in total. The van der Waals surface area contributed by atoms with E-state index in [2.05, 4.69) is 17.3 Å². The molecule has 2 heterocycles. The summed E-state index contributed by atoms with van der Waals surface area (Å²) in [6.07, 6.45) is 0. The highest BCUT2D eigenvalue weighted by molar-refractivity contribution is 5.93. The van der Waals surface area contributed by atoms with Crippen molar-refractivity contribution < 1.29 is 4.79 Å². The molecule has 12 heavy (non-hydrogen) atoms. The molecule has 0 aromatic rings. The van der Waals surface area contributed by atoms with E-state index in [0.29, 0.717) is 0 Å². The number of likely N-dealkylation sites (N-methyl/N-ethyl adjacent to an activating group) is 2. The molecule has 1 N–H and O–H groups in total. The lowest BCUT2D eigenvalue weighted by molar-refractivity contribution is -0.153. The highest BCUT2D eigenvalue weighted by Gasteiger charge is 2.51. The second kappa shape index (κ2) is 2.44. The van der Waals surface area contributed by atoms with Gasteiger partial charge in [-0.15, -0.1) is 0 Å². The van der Waals surface area contributed by atoms with Gasteiger partial charge in [-0.05, 0) is 7.05 Å². The second-order valence-corrected chi connectivity index (χ2v) is 3.91. The Hall–Kier alpha value is -0.610. The van der Waals surface area contributed by atoms with Crippen molar-refractivity contribution in [3.05, 3.63) is 0 Å². The summed E-state index contributed by atoms with van der Waals surface area (Å²) in [4.78, 5) is 15.5. The zero-order valence-corrected chi connectivity index (χ0v) is 7.63. The van der Waals surface area contributed by atoms with E-state index in [1.807, 2.05) is 7.05 Å². The third-order valence-electron chi connectivity index (χ3n) is 2.76. The molecule has 0 aromatic heterocycles. The van der Waals surface area contributed by atoms with E-state index < -0.39 is 0 Å². The molecule has 2 aliphatic heterocycles. The average molecular weight is 169 g/mol. The van der Waals surface area contributed by atoms with Crippen LogP contribution in [0.2, 0.25) is 0 Å². The van der Waals surface area contributed by atoms with E-state index >= 15 is 0 Å². The molecule has 4 heteroatoms. The van der Waals surface area contributed by atoms with Crippen LogP contribution in [0, 0.1) is 0 Å². The summed E-state index contributed by atoms with van der Waals surface area (Å²) in [5.74, 6) is 0.244. The van der Waals surface area contributed by atoms with Crippen molar-refractivity contribution >= 4 is 5.91 Å². The molecule has 2 saturated heterocycles. The number of carbonyl (C=O) groups is 1. The lowest BCUT2D eigenvalue weighted by atomic mass is 9.87. The highest BCUT2D eigenvalue weighted by atomic mass is 16.2. The van der Waals surface area contributed by atoms with E-state index in [0.717, 1.165) is 26.2 Å². The SMILES string of the molecule is CN1CCNC2(C1)CN(C)C2=O. The molecule has 1 unspecified atom stereocenters. The molecule has 2 rings (SSSR count). The van der Waals surface area contributed by atoms with Gasteiger partial charge >= 0.3 is 0 Å². The van der Waals surface area contributed by atoms with Gasteiger partial charge in [-0.3, -0.25) is 10.1 Å². The molecule has 1 spiro atoms. The number of β-lactam (4-membered cyclic amide) rings is 1. The number of rotatable bonds is 0. The van der Waals surface area contributed by atoms with Crippen LogP contribution in [0.5, 0.6) is 0 Å². The summed E-state index contributed by atoms with van der Waals surface area (Å²) >= 11 is 0.